The fourth-order valence-corrected chi connectivity index (χ4v) is 14.9. The third-order valence-electron chi connectivity index (χ3n) is 17.7. The molecule has 1 N–H and O–H groups in total. The number of fused-ring (bicyclic) bond motifs is 12. The van der Waals surface area contributed by atoms with Crippen molar-refractivity contribution >= 4 is 34.9 Å². The van der Waals surface area contributed by atoms with E-state index >= 15 is 0 Å². The molecule has 0 aromatic carbocycles. The van der Waals surface area contributed by atoms with Crippen molar-refractivity contribution in [3.8, 4) is 0 Å². The van der Waals surface area contributed by atoms with Crippen LogP contribution < -0.4 is 0 Å². The average molecular weight is 719 g/mol. The minimum atomic E-state index is -1.20. The summed E-state index contributed by atoms with van der Waals surface area (Å²) in [5.41, 5.74) is 1.26. The first-order valence-corrected chi connectivity index (χ1v) is 20.7. The van der Waals surface area contributed by atoms with Gasteiger partial charge in [0.2, 0.25) is 0 Å². The second kappa shape index (κ2) is 12.0. The molecule has 0 amide bonds. The highest BCUT2D eigenvalue weighted by molar-refractivity contribution is 6.32. The number of carbonyl (C=O) groups is 4. The van der Waals surface area contributed by atoms with Crippen LogP contribution in [0.2, 0.25) is 0 Å². The molecule has 6 saturated carbocycles. The maximum absolute atomic E-state index is 12.3. The van der Waals surface area contributed by atoms with E-state index in [1.54, 1.807) is 0 Å². The SMILES string of the molecule is CC(=O)[C@@]1(O)CC[C@H]2[C@@H]3C=C(Cl)C4=CC(=O)[C@@H]5C[C@@H]5[C@]4(C)[C@H]3CC[C@@]21C.CCC(=O)O[C@H]1CC[C@H]2[C@@H]3CCC4=CC(=O)CC[C@]4(C)[C@H]3CC[C@]12C. The summed E-state index contributed by atoms with van der Waals surface area (Å²) in [6, 6.07) is 0. The van der Waals surface area contributed by atoms with E-state index in [-0.39, 0.29) is 63.1 Å². The molecule has 0 heterocycles. The van der Waals surface area contributed by atoms with Crippen molar-refractivity contribution in [2.24, 2.45) is 69.0 Å². The van der Waals surface area contributed by atoms with E-state index in [2.05, 4.69) is 33.8 Å². The number of Topliss-reactive ketones (excluding diaryl/α,β-unsaturated/α-hetero) is 1. The van der Waals surface area contributed by atoms with Crippen LogP contribution in [0.4, 0.5) is 0 Å². The molecule has 0 aromatic rings. The summed E-state index contributed by atoms with van der Waals surface area (Å²) in [7, 11) is 0. The topological polar surface area (TPSA) is 97.7 Å². The van der Waals surface area contributed by atoms with Crippen LogP contribution in [0, 0.1) is 69.0 Å². The molecule has 9 aliphatic carbocycles. The zero-order valence-corrected chi connectivity index (χ0v) is 32.5. The molecule has 9 rings (SSSR count). The highest BCUT2D eigenvalue weighted by atomic mass is 35.5. The smallest absolute Gasteiger partial charge is 0.305 e. The number of esters is 1. The van der Waals surface area contributed by atoms with Gasteiger partial charge in [-0.1, -0.05) is 57.9 Å². The predicted molar refractivity (Wildman–Crippen MR) is 196 cm³/mol. The molecule has 6 nitrogen and oxygen atoms in total. The fraction of sp³-hybridized carbons (Fsp3) is 0.773. The van der Waals surface area contributed by atoms with Gasteiger partial charge >= 0.3 is 5.97 Å². The number of carbonyl (C=O) groups excluding carboxylic acids is 4. The van der Waals surface area contributed by atoms with Crippen LogP contribution in [0.1, 0.15) is 131 Å². The third kappa shape index (κ3) is 4.95. The normalized spacial score (nSPS) is 50.2. The van der Waals surface area contributed by atoms with Gasteiger partial charge in [0.05, 0.1) is 0 Å². The van der Waals surface area contributed by atoms with E-state index < -0.39 is 5.60 Å². The van der Waals surface area contributed by atoms with Gasteiger partial charge in [-0.15, -0.1) is 0 Å². The lowest BCUT2D eigenvalue weighted by molar-refractivity contribution is -0.159. The Labute approximate surface area is 309 Å². The van der Waals surface area contributed by atoms with Crippen LogP contribution in [0.25, 0.3) is 0 Å². The Morgan fingerprint density at radius 3 is 2.31 bits per heavy atom. The molecule has 9 aliphatic rings. The van der Waals surface area contributed by atoms with Gasteiger partial charge in [0.15, 0.2) is 17.3 Å². The number of hydrogen-bond acceptors (Lipinski definition) is 6. The molecule has 0 unspecified atom stereocenters. The monoisotopic (exact) mass is 718 g/mol. The molecule has 0 aromatic heterocycles. The van der Waals surface area contributed by atoms with Gasteiger partial charge in [0.25, 0.3) is 0 Å². The molecule has 0 saturated heterocycles. The number of halogens is 1. The van der Waals surface area contributed by atoms with Crippen LogP contribution in [-0.2, 0) is 23.9 Å². The molecule has 0 radical (unpaired) electrons. The number of aliphatic hydroxyl groups is 1. The molecule has 0 bridgehead atoms. The van der Waals surface area contributed by atoms with E-state index in [1.165, 1.54) is 31.8 Å². The van der Waals surface area contributed by atoms with Gasteiger partial charge in [-0.3, -0.25) is 19.2 Å². The highest BCUT2D eigenvalue weighted by Gasteiger charge is 2.69. The van der Waals surface area contributed by atoms with Gasteiger partial charge in [0.1, 0.15) is 11.7 Å². The maximum Gasteiger partial charge on any atom is 0.305 e. The summed E-state index contributed by atoms with van der Waals surface area (Å²) in [6.07, 6.45) is 19.5. The summed E-state index contributed by atoms with van der Waals surface area (Å²) in [4.78, 5) is 48.4. The predicted octanol–water partition coefficient (Wildman–Crippen LogP) is 8.88. The van der Waals surface area contributed by atoms with Crippen molar-refractivity contribution < 1.29 is 29.0 Å². The number of hydrogen-bond donors (Lipinski definition) is 1. The van der Waals surface area contributed by atoms with Crippen molar-refractivity contribution in [1.29, 1.82) is 0 Å². The minimum absolute atomic E-state index is 0.0344. The quantitative estimate of drug-likeness (QED) is 0.293. The van der Waals surface area contributed by atoms with Crippen molar-refractivity contribution in [3.05, 3.63) is 34.4 Å². The van der Waals surface area contributed by atoms with E-state index in [1.807, 2.05) is 19.1 Å². The Bertz CT molecular complexity index is 1660. The lowest BCUT2D eigenvalue weighted by Crippen LogP contribution is -2.56. The van der Waals surface area contributed by atoms with E-state index in [4.69, 9.17) is 16.3 Å². The van der Waals surface area contributed by atoms with Crippen LogP contribution in [0.3, 0.4) is 0 Å². The third-order valence-corrected chi connectivity index (χ3v) is 18.0. The van der Waals surface area contributed by atoms with Gasteiger partial charge in [-0.2, -0.15) is 0 Å². The zero-order valence-electron chi connectivity index (χ0n) is 31.7. The van der Waals surface area contributed by atoms with Crippen molar-refractivity contribution in [2.75, 3.05) is 0 Å². The molecule has 14 atom stereocenters. The van der Waals surface area contributed by atoms with Gasteiger partial charge in [-0.25, -0.2) is 0 Å². The Kier molecular flexibility index (Phi) is 8.44. The second-order valence-corrected chi connectivity index (χ2v) is 19.7. The first-order valence-electron chi connectivity index (χ1n) is 20.3. The Balaban J connectivity index is 0.000000147. The Hall–Kier alpha value is -2.05. The largest absolute Gasteiger partial charge is 0.462 e. The Morgan fingerprint density at radius 1 is 0.863 bits per heavy atom. The van der Waals surface area contributed by atoms with Crippen LogP contribution in [-0.4, -0.2) is 40.1 Å². The molecular formula is C44H59ClO6. The highest BCUT2D eigenvalue weighted by Crippen LogP contribution is 2.72. The first kappa shape index (κ1) is 36.0. The molecule has 7 heteroatoms. The van der Waals surface area contributed by atoms with E-state index in [0.717, 1.165) is 74.3 Å². The summed E-state index contributed by atoms with van der Waals surface area (Å²) >= 11 is 6.73. The summed E-state index contributed by atoms with van der Waals surface area (Å²) < 4.78 is 5.86. The lowest BCUT2D eigenvalue weighted by atomic mass is 9.47. The lowest BCUT2D eigenvalue weighted by Gasteiger charge is -2.57. The van der Waals surface area contributed by atoms with Gasteiger partial charge in [0, 0.05) is 40.0 Å². The molecule has 51 heavy (non-hydrogen) atoms. The van der Waals surface area contributed by atoms with Crippen LogP contribution in [0.5, 0.6) is 0 Å². The zero-order chi connectivity index (χ0) is 36.5. The summed E-state index contributed by atoms with van der Waals surface area (Å²) in [5, 5.41) is 11.9. The van der Waals surface area contributed by atoms with Crippen molar-refractivity contribution in [2.45, 2.75) is 143 Å². The summed E-state index contributed by atoms with van der Waals surface area (Å²) in [5.74, 6) is 4.19. The second-order valence-electron chi connectivity index (χ2n) is 19.3. The molecule has 6 fully saturated rings. The average Bonchev–Trinajstić information content (AvgIpc) is 3.78. The van der Waals surface area contributed by atoms with Crippen molar-refractivity contribution in [1.82, 2.24) is 0 Å². The van der Waals surface area contributed by atoms with Crippen molar-refractivity contribution in [3.63, 3.8) is 0 Å². The molecule has 0 spiro atoms. The fourth-order valence-electron chi connectivity index (χ4n) is 14.5. The number of ketones is 3. The number of rotatable bonds is 3. The standard InChI is InChI=1S/C22H27ClO3.C22H32O3/c1-11(24)22(26)7-5-14-12-9-18(23)17-10-19(25)13-8-16(13)21(17,3)15(12)4-6-20(14,22)2;1-4-20(24)25-19-8-7-17-16-6-5-14-13-15(23)9-11-21(14,2)18(16)10-12-22(17,19)3/h9-10,12-16,26H,4-8H2,1-3H3;13,16-19H,4-12H2,1-3H3/t12-,13+,14-,15-,16-,20-,21-,22-;16-,17-,18-,19-,21-,22-/m00/s1. The van der Waals surface area contributed by atoms with Gasteiger partial charge < -0.3 is 9.84 Å². The van der Waals surface area contributed by atoms with Crippen LogP contribution >= 0.6 is 11.6 Å². The summed E-state index contributed by atoms with van der Waals surface area (Å²) in [6.45, 7) is 12.7. The maximum atomic E-state index is 12.3. The van der Waals surface area contributed by atoms with Crippen LogP contribution in [0.15, 0.2) is 34.4 Å². The number of ether oxygens (including phenoxy) is 1. The minimum Gasteiger partial charge on any atom is -0.462 e. The molecular weight excluding hydrogens is 660 g/mol. The van der Waals surface area contributed by atoms with E-state index in [9.17, 15) is 24.3 Å². The first-order chi connectivity index (χ1) is 24.0. The molecule has 0 aliphatic heterocycles. The molecule has 278 valence electrons. The van der Waals surface area contributed by atoms with E-state index in [0.29, 0.717) is 42.3 Å². The number of allylic oxidation sites excluding steroid dienone is 5. The Morgan fingerprint density at radius 2 is 1.59 bits per heavy atom. The van der Waals surface area contributed by atoms with Gasteiger partial charge in [-0.05, 0) is 149 Å².